The molecule has 1 N–H and O–H groups in total. The number of aromatic nitrogens is 3. The van der Waals surface area contributed by atoms with E-state index in [0.29, 0.717) is 17.0 Å². The molecule has 0 aliphatic heterocycles. The number of imidazole rings is 1. The maximum absolute atomic E-state index is 10.3. The predicted octanol–water partition coefficient (Wildman–Crippen LogP) is 4.10. The standard InChI is InChI=1S/C19H15N3O.U.V/c1-13-7-2-4-9-15(13)22-16-10-6-12-20-18(16)21-19(22)14-8-3-5-11-17(14)23;;/h2-12,23H,1H3;;. The van der Waals surface area contributed by atoms with E-state index in [1.54, 1.807) is 18.3 Å². The van der Waals surface area contributed by atoms with Gasteiger partial charge in [0.2, 0.25) is 0 Å². The molecule has 0 saturated carbocycles. The van der Waals surface area contributed by atoms with E-state index in [1.807, 2.05) is 47.0 Å². The molecule has 0 spiro atoms. The molecule has 0 atom stereocenters. The summed E-state index contributed by atoms with van der Waals surface area (Å²) in [6.45, 7) is 2.06. The number of aryl methyl sites for hydroxylation is 1. The van der Waals surface area contributed by atoms with Gasteiger partial charge in [0.1, 0.15) is 5.75 Å². The monoisotopic (exact) mass is 590 g/mol. The van der Waals surface area contributed by atoms with Gasteiger partial charge in [0.25, 0.3) is 0 Å². The SMILES string of the molecule is Cc1ccccc1-n1c(-c2ccccc2O)nc2ncccc21.[U].[V]. The Bertz CT molecular complexity index is 1020. The van der Waals surface area contributed by atoms with Crippen LogP contribution in [-0.4, -0.2) is 19.6 Å². The van der Waals surface area contributed by atoms with Crippen LogP contribution in [0.5, 0.6) is 5.75 Å². The zero-order chi connectivity index (χ0) is 15.8. The summed E-state index contributed by atoms with van der Waals surface area (Å²) < 4.78 is 2.05. The molecule has 2 aromatic carbocycles. The third-order valence-corrected chi connectivity index (χ3v) is 3.93. The summed E-state index contributed by atoms with van der Waals surface area (Å²) in [7, 11) is 0. The first-order chi connectivity index (χ1) is 11.3. The maximum Gasteiger partial charge on any atom is 0.178 e. The zero-order valence-corrected chi connectivity index (χ0v) is 19.1. The van der Waals surface area contributed by atoms with Gasteiger partial charge in [-0.1, -0.05) is 30.3 Å². The average molecular weight is 590 g/mol. The number of phenols is 1. The summed E-state index contributed by atoms with van der Waals surface area (Å²) >= 11 is 0. The van der Waals surface area contributed by atoms with Crippen molar-refractivity contribution in [3.63, 3.8) is 0 Å². The number of pyridine rings is 1. The number of para-hydroxylation sites is 2. The second-order valence-corrected chi connectivity index (χ2v) is 5.42. The van der Waals surface area contributed by atoms with Gasteiger partial charge >= 0.3 is 0 Å². The van der Waals surface area contributed by atoms with E-state index in [1.165, 1.54) is 0 Å². The van der Waals surface area contributed by atoms with Crippen molar-refractivity contribution in [2.24, 2.45) is 0 Å². The third kappa shape index (κ3) is 3.56. The first-order valence-electron chi connectivity index (χ1n) is 7.43. The Labute approximate surface area is 181 Å². The van der Waals surface area contributed by atoms with E-state index in [2.05, 4.69) is 23.0 Å². The molecule has 0 fully saturated rings. The Hall–Kier alpha value is -1.50. The van der Waals surface area contributed by atoms with Crippen molar-refractivity contribution in [3.8, 4) is 22.8 Å². The molecule has 121 valence electrons. The van der Waals surface area contributed by atoms with Gasteiger partial charge in [0.15, 0.2) is 11.5 Å². The quantitative estimate of drug-likeness (QED) is 0.383. The van der Waals surface area contributed by atoms with Crippen LogP contribution in [0.25, 0.3) is 28.2 Å². The summed E-state index contributed by atoms with van der Waals surface area (Å²) in [4.78, 5) is 9.01. The minimum Gasteiger partial charge on any atom is -0.507 e. The van der Waals surface area contributed by atoms with Crippen LogP contribution in [0.15, 0.2) is 66.9 Å². The van der Waals surface area contributed by atoms with Crippen molar-refractivity contribution in [1.82, 2.24) is 14.5 Å². The predicted molar refractivity (Wildman–Crippen MR) is 90.7 cm³/mol. The van der Waals surface area contributed by atoms with E-state index in [9.17, 15) is 5.11 Å². The summed E-state index contributed by atoms with van der Waals surface area (Å²) in [6, 6.07) is 19.2. The molecule has 0 saturated heterocycles. The normalized spacial score (nSPS) is 10.1. The number of phenolic OH excluding ortho intramolecular Hbond substituents is 1. The van der Waals surface area contributed by atoms with Gasteiger partial charge in [-0.2, -0.15) is 0 Å². The molecule has 4 aromatic rings. The maximum atomic E-state index is 10.3. The van der Waals surface area contributed by atoms with Gasteiger partial charge in [-0.05, 0) is 42.8 Å². The van der Waals surface area contributed by atoms with Crippen LogP contribution in [0.3, 0.4) is 0 Å². The van der Waals surface area contributed by atoms with Crippen LogP contribution in [0.2, 0.25) is 0 Å². The summed E-state index contributed by atoms with van der Waals surface area (Å²) in [6.07, 6.45) is 1.73. The van der Waals surface area contributed by atoms with Crippen LogP contribution in [0.1, 0.15) is 5.56 Å². The van der Waals surface area contributed by atoms with Crippen LogP contribution < -0.4 is 0 Å². The molecule has 0 unspecified atom stereocenters. The van der Waals surface area contributed by atoms with Gasteiger partial charge in [-0.25, -0.2) is 9.97 Å². The van der Waals surface area contributed by atoms with E-state index in [0.717, 1.165) is 16.8 Å². The first-order valence-corrected chi connectivity index (χ1v) is 7.43. The Kier molecular flexibility index (Phi) is 6.54. The molecular formula is C19H15N3OUV. The molecule has 2 heterocycles. The number of fused-ring (bicyclic) bond motifs is 1. The average Bonchev–Trinajstić information content (AvgIpc) is 2.95. The topological polar surface area (TPSA) is 50.9 Å². The Morgan fingerprint density at radius 1 is 0.920 bits per heavy atom. The van der Waals surface area contributed by atoms with Crippen LogP contribution >= 0.6 is 0 Å². The molecule has 0 aliphatic carbocycles. The molecule has 6 heteroatoms. The van der Waals surface area contributed by atoms with Crippen molar-refractivity contribution >= 4 is 11.2 Å². The Balaban J connectivity index is 0.00000113. The molecule has 2 aromatic heterocycles. The molecular weight excluding hydrogens is 575 g/mol. The van der Waals surface area contributed by atoms with Gasteiger partial charge in [0, 0.05) is 55.9 Å². The Morgan fingerprint density at radius 3 is 2.40 bits per heavy atom. The molecule has 0 amide bonds. The second-order valence-electron chi connectivity index (χ2n) is 5.42. The number of aromatic hydroxyl groups is 1. The van der Waals surface area contributed by atoms with Gasteiger partial charge < -0.3 is 5.11 Å². The van der Waals surface area contributed by atoms with Gasteiger partial charge in [-0.15, -0.1) is 0 Å². The number of rotatable bonds is 2. The minimum atomic E-state index is 0. The number of hydrogen-bond donors (Lipinski definition) is 1. The van der Waals surface area contributed by atoms with Crippen molar-refractivity contribution in [1.29, 1.82) is 0 Å². The fourth-order valence-electron chi connectivity index (χ4n) is 2.82. The van der Waals surface area contributed by atoms with Gasteiger partial charge in [-0.3, -0.25) is 4.57 Å². The van der Waals surface area contributed by atoms with Crippen LogP contribution in [-0.2, 0) is 18.6 Å². The van der Waals surface area contributed by atoms with E-state index in [4.69, 9.17) is 0 Å². The summed E-state index contributed by atoms with van der Waals surface area (Å²) in [5.74, 6) is 0.892. The van der Waals surface area contributed by atoms with Gasteiger partial charge in [0.05, 0.1) is 16.8 Å². The van der Waals surface area contributed by atoms with E-state index >= 15 is 0 Å². The smallest absolute Gasteiger partial charge is 0.178 e. The van der Waals surface area contributed by atoms with Crippen molar-refractivity contribution in [2.75, 3.05) is 0 Å². The number of nitrogens with zero attached hydrogens (tertiary/aromatic N) is 3. The first kappa shape index (κ1) is 19.8. The third-order valence-electron chi connectivity index (χ3n) is 3.93. The minimum absolute atomic E-state index is 0. The largest absolute Gasteiger partial charge is 0.507 e. The molecule has 1 radical (unpaired) electrons. The van der Waals surface area contributed by atoms with E-state index in [-0.39, 0.29) is 55.4 Å². The van der Waals surface area contributed by atoms with Crippen molar-refractivity contribution < 1.29 is 54.8 Å². The molecule has 4 nitrogen and oxygen atoms in total. The summed E-state index contributed by atoms with van der Waals surface area (Å²) in [5, 5.41) is 10.3. The van der Waals surface area contributed by atoms with Crippen molar-refractivity contribution in [3.05, 3.63) is 72.4 Å². The molecule has 0 aliphatic rings. The second kappa shape index (κ2) is 8.25. The zero-order valence-electron chi connectivity index (χ0n) is 13.6. The van der Waals surface area contributed by atoms with Crippen LogP contribution in [0, 0.1) is 38.0 Å². The fraction of sp³-hybridized carbons (Fsp3) is 0.0526. The Morgan fingerprint density at radius 2 is 1.64 bits per heavy atom. The molecule has 4 rings (SSSR count). The van der Waals surface area contributed by atoms with E-state index < -0.39 is 0 Å². The number of hydrogen-bond acceptors (Lipinski definition) is 3. The summed E-state index contributed by atoms with van der Waals surface area (Å²) in [5.41, 5.74) is 4.43. The number of benzene rings is 2. The van der Waals surface area contributed by atoms with Crippen LogP contribution in [0.4, 0.5) is 0 Å². The molecule has 25 heavy (non-hydrogen) atoms. The van der Waals surface area contributed by atoms with Crippen molar-refractivity contribution in [2.45, 2.75) is 6.92 Å². The fourth-order valence-corrected chi connectivity index (χ4v) is 2.82. The molecule has 0 bridgehead atoms.